The first kappa shape index (κ1) is 18.8. The highest BCUT2D eigenvalue weighted by Gasteiger charge is 2.15. The standard InChI is InChI=1S/C19H27N5OS/c1-6-23(7-2)12-16-20-21-18-24(16)22-17(26-18)13-25-15-10-8-14(9-11-15)19(3,4)5/h8-11H,6-7,12-13H2,1-5H3. The fraction of sp³-hybridized carbons (Fsp3) is 0.526. The van der Waals surface area contributed by atoms with Crippen molar-refractivity contribution in [3.05, 3.63) is 40.7 Å². The van der Waals surface area contributed by atoms with Crippen LogP contribution in [0.15, 0.2) is 24.3 Å². The van der Waals surface area contributed by atoms with E-state index in [9.17, 15) is 0 Å². The van der Waals surface area contributed by atoms with Gasteiger partial charge in [-0.05, 0) is 36.2 Å². The molecule has 2 heterocycles. The molecule has 0 radical (unpaired) electrons. The monoisotopic (exact) mass is 373 g/mol. The van der Waals surface area contributed by atoms with Gasteiger partial charge < -0.3 is 4.74 Å². The minimum atomic E-state index is 0.146. The molecule has 0 amide bonds. The smallest absolute Gasteiger partial charge is 0.234 e. The number of nitrogens with zero attached hydrogens (tertiary/aromatic N) is 5. The quantitative estimate of drug-likeness (QED) is 0.629. The van der Waals surface area contributed by atoms with Gasteiger partial charge in [0.1, 0.15) is 12.4 Å². The van der Waals surface area contributed by atoms with Gasteiger partial charge in [-0.15, -0.1) is 10.2 Å². The number of fused-ring (bicyclic) bond motifs is 1. The Kier molecular flexibility index (Phi) is 5.58. The molecule has 3 rings (SSSR count). The van der Waals surface area contributed by atoms with Crippen molar-refractivity contribution < 1.29 is 4.74 Å². The molecule has 0 saturated carbocycles. The van der Waals surface area contributed by atoms with Crippen molar-refractivity contribution in [1.82, 2.24) is 24.7 Å². The van der Waals surface area contributed by atoms with Gasteiger partial charge in [0, 0.05) is 0 Å². The van der Waals surface area contributed by atoms with Crippen LogP contribution in [0.2, 0.25) is 0 Å². The normalized spacial score (nSPS) is 12.2. The second-order valence-corrected chi connectivity index (χ2v) is 8.37. The molecule has 0 fully saturated rings. The summed E-state index contributed by atoms with van der Waals surface area (Å²) in [4.78, 5) is 3.11. The summed E-state index contributed by atoms with van der Waals surface area (Å²) in [5.74, 6) is 1.73. The Labute approximate surface area is 158 Å². The van der Waals surface area contributed by atoms with Crippen LogP contribution in [-0.2, 0) is 18.6 Å². The van der Waals surface area contributed by atoms with E-state index >= 15 is 0 Å². The summed E-state index contributed by atoms with van der Waals surface area (Å²) in [6.45, 7) is 14.1. The Morgan fingerprint density at radius 1 is 1.08 bits per heavy atom. The van der Waals surface area contributed by atoms with E-state index in [-0.39, 0.29) is 5.41 Å². The summed E-state index contributed by atoms with van der Waals surface area (Å²) in [5, 5.41) is 14.0. The highest BCUT2D eigenvalue weighted by atomic mass is 32.1. The zero-order valence-electron chi connectivity index (χ0n) is 16.2. The Hall–Kier alpha value is -1.99. The maximum absolute atomic E-state index is 5.90. The molecule has 0 spiro atoms. The van der Waals surface area contributed by atoms with E-state index in [2.05, 4.69) is 66.9 Å². The molecule has 0 unspecified atom stereocenters. The van der Waals surface area contributed by atoms with Gasteiger partial charge in [0.25, 0.3) is 0 Å². The summed E-state index contributed by atoms with van der Waals surface area (Å²) < 4.78 is 7.74. The van der Waals surface area contributed by atoms with Crippen LogP contribution in [0.3, 0.4) is 0 Å². The molecule has 0 aliphatic carbocycles. The Morgan fingerprint density at radius 2 is 1.77 bits per heavy atom. The molecule has 0 atom stereocenters. The molecule has 0 N–H and O–H groups in total. The van der Waals surface area contributed by atoms with E-state index in [4.69, 9.17) is 4.74 Å². The first-order valence-electron chi connectivity index (χ1n) is 9.06. The lowest BCUT2D eigenvalue weighted by Crippen LogP contribution is -2.23. The fourth-order valence-corrected chi connectivity index (χ4v) is 3.46. The molecule has 1 aromatic carbocycles. The van der Waals surface area contributed by atoms with Crippen LogP contribution < -0.4 is 4.74 Å². The Balaban J connectivity index is 1.67. The number of ether oxygens (including phenoxy) is 1. The minimum absolute atomic E-state index is 0.146. The average Bonchev–Trinajstić information content (AvgIpc) is 3.18. The van der Waals surface area contributed by atoms with Crippen LogP contribution in [-0.4, -0.2) is 37.8 Å². The lowest BCUT2D eigenvalue weighted by Gasteiger charge is -2.19. The SMILES string of the molecule is CCN(CC)Cc1nnc2sc(COc3ccc(C(C)(C)C)cc3)nn12. The fourth-order valence-electron chi connectivity index (χ4n) is 2.70. The second kappa shape index (κ2) is 7.72. The molecule has 26 heavy (non-hydrogen) atoms. The number of hydrogen-bond donors (Lipinski definition) is 0. The molecule has 140 valence electrons. The molecule has 0 aliphatic heterocycles. The zero-order valence-corrected chi connectivity index (χ0v) is 17.0. The van der Waals surface area contributed by atoms with Gasteiger partial charge in [0.05, 0.1) is 6.54 Å². The molecule has 0 saturated heterocycles. The Bertz CT molecular complexity index is 843. The van der Waals surface area contributed by atoms with Gasteiger partial charge in [-0.2, -0.15) is 9.61 Å². The van der Waals surface area contributed by atoms with Crippen LogP contribution in [0.5, 0.6) is 5.75 Å². The van der Waals surface area contributed by atoms with E-state index in [0.717, 1.165) is 41.2 Å². The Morgan fingerprint density at radius 3 is 2.38 bits per heavy atom. The molecule has 6 nitrogen and oxygen atoms in total. The van der Waals surface area contributed by atoms with Crippen LogP contribution in [0.1, 0.15) is 51.0 Å². The number of aromatic nitrogens is 4. The topological polar surface area (TPSA) is 55.5 Å². The highest BCUT2D eigenvalue weighted by Crippen LogP contribution is 2.25. The summed E-state index contributed by atoms with van der Waals surface area (Å²) in [6, 6.07) is 8.28. The van der Waals surface area contributed by atoms with Crippen LogP contribution in [0, 0.1) is 0 Å². The highest BCUT2D eigenvalue weighted by molar-refractivity contribution is 7.16. The van der Waals surface area contributed by atoms with E-state index < -0.39 is 0 Å². The van der Waals surface area contributed by atoms with E-state index in [1.807, 2.05) is 16.6 Å². The van der Waals surface area contributed by atoms with E-state index in [1.54, 1.807) is 0 Å². The summed E-state index contributed by atoms with van der Waals surface area (Å²) >= 11 is 1.52. The van der Waals surface area contributed by atoms with Gasteiger partial charge in [0.2, 0.25) is 4.96 Å². The van der Waals surface area contributed by atoms with E-state index in [0.29, 0.717) is 6.61 Å². The number of rotatable bonds is 7. The third-order valence-electron chi connectivity index (χ3n) is 4.44. The third kappa shape index (κ3) is 4.22. The van der Waals surface area contributed by atoms with Crippen molar-refractivity contribution in [1.29, 1.82) is 0 Å². The average molecular weight is 374 g/mol. The molecule has 7 heteroatoms. The van der Waals surface area contributed by atoms with E-state index in [1.165, 1.54) is 16.9 Å². The van der Waals surface area contributed by atoms with Crippen molar-refractivity contribution in [2.45, 2.75) is 53.2 Å². The number of benzene rings is 1. The van der Waals surface area contributed by atoms with Gasteiger partial charge in [-0.25, -0.2) is 0 Å². The third-order valence-corrected chi connectivity index (χ3v) is 5.31. The van der Waals surface area contributed by atoms with Crippen LogP contribution in [0.4, 0.5) is 0 Å². The predicted molar refractivity (Wildman–Crippen MR) is 105 cm³/mol. The molecular weight excluding hydrogens is 346 g/mol. The molecule has 0 aliphatic rings. The largest absolute Gasteiger partial charge is 0.486 e. The first-order chi connectivity index (χ1) is 12.4. The maximum Gasteiger partial charge on any atom is 0.234 e. The molecular formula is C19H27N5OS. The molecule has 3 aromatic rings. The lowest BCUT2D eigenvalue weighted by molar-refractivity contribution is 0.284. The van der Waals surface area contributed by atoms with Crippen molar-refractivity contribution in [2.75, 3.05) is 13.1 Å². The van der Waals surface area contributed by atoms with Crippen molar-refractivity contribution in [3.8, 4) is 5.75 Å². The van der Waals surface area contributed by atoms with Crippen LogP contribution >= 0.6 is 11.3 Å². The second-order valence-electron chi connectivity index (χ2n) is 7.33. The summed E-state index contributed by atoms with van der Waals surface area (Å²) in [5.41, 5.74) is 1.44. The van der Waals surface area contributed by atoms with Crippen molar-refractivity contribution in [3.63, 3.8) is 0 Å². The van der Waals surface area contributed by atoms with Crippen molar-refractivity contribution >= 4 is 16.3 Å². The number of hydrogen-bond acceptors (Lipinski definition) is 6. The summed E-state index contributed by atoms with van der Waals surface area (Å²) in [6.07, 6.45) is 0. The van der Waals surface area contributed by atoms with Crippen LogP contribution in [0.25, 0.3) is 4.96 Å². The van der Waals surface area contributed by atoms with Gasteiger partial charge in [0.15, 0.2) is 10.8 Å². The molecule has 0 bridgehead atoms. The maximum atomic E-state index is 5.90. The molecule has 2 aromatic heterocycles. The predicted octanol–water partition coefficient (Wildman–Crippen LogP) is 3.90. The van der Waals surface area contributed by atoms with Gasteiger partial charge in [-0.1, -0.05) is 58.1 Å². The lowest BCUT2D eigenvalue weighted by atomic mass is 9.87. The summed E-state index contributed by atoms with van der Waals surface area (Å²) in [7, 11) is 0. The van der Waals surface area contributed by atoms with Gasteiger partial charge in [-0.3, -0.25) is 4.90 Å². The van der Waals surface area contributed by atoms with Crippen molar-refractivity contribution in [2.24, 2.45) is 0 Å². The first-order valence-corrected chi connectivity index (χ1v) is 9.88. The minimum Gasteiger partial charge on any atom is -0.486 e. The zero-order chi connectivity index (χ0) is 18.7. The van der Waals surface area contributed by atoms with Gasteiger partial charge >= 0.3 is 0 Å².